The smallest absolute Gasteiger partial charge is 0.269 e. The summed E-state index contributed by atoms with van der Waals surface area (Å²) in [5.41, 5.74) is 0.0902. The summed E-state index contributed by atoms with van der Waals surface area (Å²) < 4.78 is 5.54. The van der Waals surface area contributed by atoms with Gasteiger partial charge >= 0.3 is 0 Å². The van der Waals surface area contributed by atoms with Crippen LogP contribution in [0.15, 0.2) is 24.3 Å². The Kier molecular flexibility index (Phi) is 6.47. The highest BCUT2D eigenvalue weighted by atomic mass is 16.6. The first-order valence-electron chi connectivity index (χ1n) is 7.83. The average molecular weight is 292 g/mol. The lowest BCUT2D eigenvalue weighted by atomic mass is 10.0. The number of nitrogens with zero attached hydrogens (tertiary/aromatic N) is 1. The minimum absolute atomic E-state index is 0.0902. The zero-order chi connectivity index (χ0) is 14.9. The van der Waals surface area contributed by atoms with Gasteiger partial charge in [0.2, 0.25) is 0 Å². The van der Waals surface area contributed by atoms with Gasteiger partial charge in [-0.15, -0.1) is 0 Å². The number of nitro groups is 1. The van der Waals surface area contributed by atoms with Gasteiger partial charge < -0.3 is 10.1 Å². The topological polar surface area (TPSA) is 64.4 Å². The Balaban J connectivity index is 1.50. The highest BCUT2D eigenvalue weighted by molar-refractivity contribution is 5.35. The number of non-ortho nitro benzene ring substituents is 1. The molecule has 0 heterocycles. The van der Waals surface area contributed by atoms with Crippen LogP contribution in [0.25, 0.3) is 0 Å². The zero-order valence-electron chi connectivity index (χ0n) is 12.4. The van der Waals surface area contributed by atoms with E-state index in [0.29, 0.717) is 12.4 Å². The first-order chi connectivity index (χ1) is 10.3. The molecule has 1 saturated carbocycles. The highest BCUT2D eigenvalue weighted by Crippen LogP contribution is 2.28. The average Bonchev–Trinajstić information content (AvgIpc) is 3.00. The highest BCUT2D eigenvalue weighted by Gasteiger charge is 2.13. The van der Waals surface area contributed by atoms with E-state index in [9.17, 15) is 10.1 Å². The van der Waals surface area contributed by atoms with Crippen molar-refractivity contribution < 1.29 is 9.66 Å². The Morgan fingerprint density at radius 2 is 1.90 bits per heavy atom. The molecule has 1 aliphatic carbocycles. The first kappa shape index (κ1) is 15.8. The van der Waals surface area contributed by atoms with Crippen molar-refractivity contribution in [1.82, 2.24) is 5.32 Å². The molecule has 116 valence electrons. The van der Waals surface area contributed by atoms with E-state index in [1.54, 1.807) is 12.1 Å². The van der Waals surface area contributed by atoms with E-state index in [-0.39, 0.29) is 5.69 Å². The van der Waals surface area contributed by atoms with Crippen LogP contribution in [0.5, 0.6) is 5.75 Å². The Hall–Kier alpha value is -1.62. The van der Waals surface area contributed by atoms with Crippen molar-refractivity contribution in [3.05, 3.63) is 34.4 Å². The molecule has 0 unspecified atom stereocenters. The lowest BCUT2D eigenvalue weighted by molar-refractivity contribution is -0.384. The van der Waals surface area contributed by atoms with Crippen molar-refractivity contribution in [2.75, 3.05) is 19.7 Å². The largest absolute Gasteiger partial charge is 0.492 e. The maximum absolute atomic E-state index is 10.5. The number of nitro benzene ring substituents is 1. The van der Waals surface area contributed by atoms with Gasteiger partial charge in [0.15, 0.2) is 0 Å². The predicted molar refractivity (Wildman–Crippen MR) is 82.7 cm³/mol. The van der Waals surface area contributed by atoms with E-state index in [1.165, 1.54) is 50.7 Å². The molecule has 21 heavy (non-hydrogen) atoms. The molecule has 0 aliphatic heterocycles. The normalized spacial score (nSPS) is 15.2. The fraction of sp³-hybridized carbons (Fsp3) is 0.625. The summed E-state index contributed by atoms with van der Waals surface area (Å²) in [7, 11) is 0. The van der Waals surface area contributed by atoms with Gasteiger partial charge in [0.25, 0.3) is 5.69 Å². The molecular formula is C16H24N2O3. The quantitative estimate of drug-likeness (QED) is 0.429. The minimum Gasteiger partial charge on any atom is -0.492 e. The molecule has 1 aliphatic rings. The predicted octanol–water partition coefficient (Wildman–Crippen LogP) is 3.53. The van der Waals surface area contributed by atoms with Crippen molar-refractivity contribution >= 4 is 5.69 Å². The summed E-state index contributed by atoms with van der Waals surface area (Å²) in [5.74, 6) is 1.64. The van der Waals surface area contributed by atoms with Crippen molar-refractivity contribution in [1.29, 1.82) is 0 Å². The van der Waals surface area contributed by atoms with Crippen LogP contribution in [0.2, 0.25) is 0 Å². The molecule has 0 saturated heterocycles. The molecule has 0 aromatic heterocycles. The maximum atomic E-state index is 10.5. The molecular weight excluding hydrogens is 268 g/mol. The summed E-state index contributed by atoms with van der Waals surface area (Å²) in [5, 5.41) is 13.9. The number of nitrogens with one attached hydrogen (secondary N) is 1. The monoisotopic (exact) mass is 292 g/mol. The zero-order valence-corrected chi connectivity index (χ0v) is 12.4. The van der Waals surface area contributed by atoms with Gasteiger partial charge in [-0.2, -0.15) is 0 Å². The standard InChI is InChI=1S/C16H24N2O3/c19-18(20)15-7-9-16(10-8-15)21-13-12-17-11-3-6-14-4-1-2-5-14/h7-10,14,17H,1-6,11-13H2. The molecule has 0 spiro atoms. The Morgan fingerprint density at radius 1 is 1.19 bits per heavy atom. The Bertz CT molecular complexity index is 428. The lowest BCUT2D eigenvalue weighted by Crippen LogP contribution is -2.22. The number of benzene rings is 1. The fourth-order valence-electron chi connectivity index (χ4n) is 2.84. The van der Waals surface area contributed by atoms with E-state index in [2.05, 4.69) is 5.32 Å². The van der Waals surface area contributed by atoms with Crippen molar-refractivity contribution in [2.45, 2.75) is 38.5 Å². The van der Waals surface area contributed by atoms with Gasteiger partial charge in [-0.3, -0.25) is 10.1 Å². The molecule has 5 nitrogen and oxygen atoms in total. The van der Waals surface area contributed by atoms with Gasteiger partial charge in [-0.05, 0) is 37.4 Å². The van der Waals surface area contributed by atoms with Crippen LogP contribution in [0, 0.1) is 16.0 Å². The van der Waals surface area contributed by atoms with Crippen molar-refractivity contribution in [3.8, 4) is 5.75 Å². The van der Waals surface area contributed by atoms with Crippen LogP contribution in [-0.4, -0.2) is 24.6 Å². The summed E-state index contributed by atoms with van der Waals surface area (Å²) in [6, 6.07) is 6.20. The third kappa shape index (κ3) is 5.71. The van der Waals surface area contributed by atoms with Crippen LogP contribution < -0.4 is 10.1 Å². The number of hydrogen-bond donors (Lipinski definition) is 1. The number of ether oxygens (including phenoxy) is 1. The molecule has 1 N–H and O–H groups in total. The van der Waals surface area contributed by atoms with Crippen LogP contribution in [0.1, 0.15) is 38.5 Å². The lowest BCUT2D eigenvalue weighted by Gasteiger charge is -2.10. The Morgan fingerprint density at radius 3 is 2.57 bits per heavy atom. The molecule has 1 aromatic rings. The van der Waals surface area contributed by atoms with E-state index < -0.39 is 4.92 Å². The van der Waals surface area contributed by atoms with Crippen LogP contribution in [-0.2, 0) is 0 Å². The molecule has 0 radical (unpaired) electrons. The van der Waals surface area contributed by atoms with E-state index in [1.807, 2.05) is 0 Å². The third-order valence-corrected chi connectivity index (χ3v) is 4.04. The molecule has 5 heteroatoms. The molecule has 1 fully saturated rings. The summed E-state index contributed by atoms with van der Waals surface area (Å²) >= 11 is 0. The SMILES string of the molecule is O=[N+]([O-])c1ccc(OCCNCCCC2CCCC2)cc1. The molecule has 2 rings (SSSR count). The second-order valence-corrected chi connectivity index (χ2v) is 5.64. The summed E-state index contributed by atoms with van der Waals surface area (Å²) in [4.78, 5) is 10.1. The van der Waals surface area contributed by atoms with Gasteiger partial charge in [-0.1, -0.05) is 25.7 Å². The fourth-order valence-corrected chi connectivity index (χ4v) is 2.84. The van der Waals surface area contributed by atoms with E-state index in [0.717, 1.165) is 19.0 Å². The summed E-state index contributed by atoms with van der Waals surface area (Å²) in [6.45, 7) is 2.43. The molecule has 0 bridgehead atoms. The number of hydrogen-bond acceptors (Lipinski definition) is 4. The second kappa shape index (κ2) is 8.62. The third-order valence-electron chi connectivity index (χ3n) is 4.04. The van der Waals surface area contributed by atoms with E-state index >= 15 is 0 Å². The van der Waals surface area contributed by atoms with Crippen molar-refractivity contribution in [3.63, 3.8) is 0 Å². The maximum Gasteiger partial charge on any atom is 0.269 e. The first-order valence-corrected chi connectivity index (χ1v) is 7.83. The van der Waals surface area contributed by atoms with Crippen LogP contribution >= 0.6 is 0 Å². The molecule has 0 atom stereocenters. The summed E-state index contributed by atoms with van der Waals surface area (Å²) in [6.07, 6.45) is 8.26. The minimum atomic E-state index is -0.407. The van der Waals surface area contributed by atoms with Gasteiger partial charge in [0, 0.05) is 18.7 Å². The van der Waals surface area contributed by atoms with Crippen LogP contribution in [0.4, 0.5) is 5.69 Å². The van der Waals surface area contributed by atoms with Gasteiger partial charge in [-0.25, -0.2) is 0 Å². The second-order valence-electron chi connectivity index (χ2n) is 5.64. The van der Waals surface area contributed by atoms with Gasteiger partial charge in [0.05, 0.1) is 4.92 Å². The molecule has 1 aromatic carbocycles. The van der Waals surface area contributed by atoms with E-state index in [4.69, 9.17) is 4.74 Å². The van der Waals surface area contributed by atoms with Crippen molar-refractivity contribution in [2.24, 2.45) is 5.92 Å². The molecule has 0 amide bonds. The van der Waals surface area contributed by atoms with Crippen LogP contribution in [0.3, 0.4) is 0 Å². The number of rotatable bonds is 9. The van der Waals surface area contributed by atoms with Gasteiger partial charge in [0.1, 0.15) is 12.4 Å². The Labute approximate surface area is 125 Å².